The lowest BCUT2D eigenvalue weighted by atomic mass is 10.1. The largest absolute Gasteiger partial charge is 0.392 e. The Morgan fingerprint density at radius 2 is 1.26 bits per heavy atom. The summed E-state index contributed by atoms with van der Waals surface area (Å²) in [7, 11) is 0. The zero-order chi connectivity index (χ0) is 21.0. The van der Waals surface area contributed by atoms with Crippen molar-refractivity contribution in [3.8, 4) is 0 Å². The van der Waals surface area contributed by atoms with E-state index in [2.05, 4.69) is 88.7 Å². The summed E-state index contributed by atoms with van der Waals surface area (Å²) in [6.07, 6.45) is 0. The molecule has 4 aromatic carbocycles. The number of rotatable bonds is 7. The summed E-state index contributed by atoms with van der Waals surface area (Å²) in [6, 6.07) is 34.2. The summed E-state index contributed by atoms with van der Waals surface area (Å²) in [5, 5.41) is 15.5. The van der Waals surface area contributed by atoms with Crippen LogP contribution in [0.2, 0.25) is 0 Å². The van der Waals surface area contributed by atoms with Crippen LogP contribution in [0.25, 0.3) is 21.8 Å². The fourth-order valence-electron chi connectivity index (χ4n) is 4.34. The minimum atomic E-state index is 0.0809. The maximum atomic E-state index is 9.33. The number of para-hydroxylation sites is 1. The highest BCUT2D eigenvalue weighted by Gasteiger charge is 2.11. The lowest BCUT2D eigenvalue weighted by molar-refractivity contribution is 0.281. The van der Waals surface area contributed by atoms with E-state index in [1.807, 2.05) is 18.2 Å². The number of nitrogens with zero attached hydrogens (tertiary/aromatic N) is 1. The van der Waals surface area contributed by atoms with Crippen molar-refractivity contribution in [3.63, 3.8) is 0 Å². The van der Waals surface area contributed by atoms with E-state index in [9.17, 15) is 5.11 Å². The Morgan fingerprint density at radius 1 is 0.581 bits per heavy atom. The molecule has 1 aromatic heterocycles. The third-order valence-corrected chi connectivity index (χ3v) is 5.85. The second-order valence-corrected chi connectivity index (χ2v) is 8.02. The third-order valence-electron chi connectivity index (χ3n) is 5.85. The molecule has 2 N–H and O–H groups in total. The van der Waals surface area contributed by atoms with Crippen LogP contribution in [0.3, 0.4) is 0 Å². The standard InChI is InChI=1S/C28H26N2O/c31-20-24-10-6-9-22(15-24)17-29-18-23-13-14-28-26(16-23)25-11-4-5-12-27(25)30(28)19-21-7-2-1-3-8-21/h1-16,29,31H,17-20H2. The molecule has 0 saturated heterocycles. The summed E-state index contributed by atoms with van der Waals surface area (Å²) >= 11 is 0. The molecule has 5 aromatic rings. The molecule has 0 saturated carbocycles. The molecule has 1 heterocycles. The fourth-order valence-corrected chi connectivity index (χ4v) is 4.34. The number of hydrogen-bond donors (Lipinski definition) is 2. The van der Waals surface area contributed by atoms with Gasteiger partial charge < -0.3 is 15.0 Å². The van der Waals surface area contributed by atoms with Crippen molar-refractivity contribution in [2.24, 2.45) is 0 Å². The van der Waals surface area contributed by atoms with Gasteiger partial charge in [-0.05, 0) is 40.5 Å². The average Bonchev–Trinajstić information content (AvgIpc) is 3.13. The van der Waals surface area contributed by atoms with Crippen LogP contribution in [0.1, 0.15) is 22.3 Å². The van der Waals surface area contributed by atoms with Crippen LogP contribution in [0.4, 0.5) is 0 Å². The van der Waals surface area contributed by atoms with Crippen LogP contribution in [-0.2, 0) is 26.2 Å². The van der Waals surface area contributed by atoms with E-state index in [0.29, 0.717) is 0 Å². The lowest BCUT2D eigenvalue weighted by Gasteiger charge is -2.09. The molecule has 3 heteroatoms. The van der Waals surface area contributed by atoms with Crippen LogP contribution in [-0.4, -0.2) is 9.67 Å². The number of nitrogens with one attached hydrogen (secondary N) is 1. The van der Waals surface area contributed by atoms with Crippen molar-refractivity contribution in [1.82, 2.24) is 9.88 Å². The van der Waals surface area contributed by atoms with E-state index < -0.39 is 0 Å². The summed E-state index contributed by atoms with van der Waals surface area (Å²) in [4.78, 5) is 0. The van der Waals surface area contributed by atoms with Gasteiger partial charge >= 0.3 is 0 Å². The van der Waals surface area contributed by atoms with E-state index in [0.717, 1.165) is 25.2 Å². The van der Waals surface area contributed by atoms with Crippen molar-refractivity contribution in [3.05, 3.63) is 119 Å². The first-order valence-electron chi connectivity index (χ1n) is 10.7. The van der Waals surface area contributed by atoms with E-state index in [1.54, 1.807) is 0 Å². The Labute approximate surface area is 182 Å². The summed E-state index contributed by atoms with van der Waals surface area (Å²) < 4.78 is 2.41. The summed E-state index contributed by atoms with van der Waals surface area (Å²) in [6.45, 7) is 2.53. The Bertz CT molecular complexity index is 1320. The predicted octanol–water partition coefficient (Wildman–Crippen LogP) is 5.62. The van der Waals surface area contributed by atoms with Crippen molar-refractivity contribution in [2.45, 2.75) is 26.2 Å². The highest BCUT2D eigenvalue weighted by atomic mass is 16.3. The molecule has 0 aliphatic carbocycles. The molecule has 31 heavy (non-hydrogen) atoms. The van der Waals surface area contributed by atoms with Gasteiger partial charge in [0, 0.05) is 41.4 Å². The number of benzene rings is 4. The van der Waals surface area contributed by atoms with E-state index >= 15 is 0 Å². The van der Waals surface area contributed by atoms with E-state index in [-0.39, 0.29) is 6.61 Å². The fraction of sp³-hybridized carbons (Fsp3) is 0.143. The smallest absolute Gasteiger partial charge is 0.0681 e. The first-order valence-corrected chi connectivity index (χ1v) is 10.7. The van der Waals surface area contributed by atoms with Gasteiger partial charge in [-0.1, -0.05) is 78.9 Å². The van der Waals surface area contributed by atoms with Crippen molar-refractivity contribution >= 4 is 21.8 Å². The number of fused-ring (bicyclic) bond motifs is 3. The SMILES string of the molecule is OCc1cccc(CNCc2ccc3c(c2)c2ccccc2n3Cc2ccccc2)c1. The molecule has 0 fully saturated rings. The Morgan fingerprint density at radius 3 is 2.10 bits per heavy atom. The van der Waals surface area contributed by atoms with Gasteiger partial charge in [-0.25, -0.2) is 0 Å². The van der Waals surface area contributed by atoms with Gasteiger partial charge in [-0.3, -0.25) is 0 Å². The molecular formula is C28H26N2O. The monoisotopic (exact) mass is 406 g/mol. The quantitative estimate of drug-likeness (QED) is 0.368. The van der Waals surface area contributed by atoms with Crippen LogP contribution >= 0.6 is 0 Å². The number of hydrogen-bond acceptors (Lipinski definition) is 2. The topological polar surface area (TPSA) is 37.2 Å². The molecule has 154 valence electrons. The first kappa shape index (κ1) is 19.6. The molecular weight excluding hydrogens is 380 g/mol. The maximum Gasteiger partial charge on any atom is 0.0681 e. The van der Waals surface area contributed by atoms with Gasteiger partial charge in [0.1, 0.15) is 0 Å². The molecule has 3 nitrogen and oxygen atoms in total. The number of aliphatic hydroxyl groups is 1. The van der Waals surface area contributed by atoms with Crippen LogP contribution in [0.5, 0.6) is 0 Å². The second kappa shape index (κ2) is 8.76. The molecule has 5 rings (SSSR count). The average molecular weight is 407 g/mol. The number of aromatic nitrogens is 1. The molecule has 0 aliphatic rings. The Kier molecular flexibility index (Phi) is 5.53. The Balaban J connectivity index is 1.42. The molecule has 0 spiro atoms. The molecule has 0 aliphatic heterocycles. The van der Waals surface area contributed by atoms with Crippen LogP contribution in [0.15, 0.2) is 97.1 Å². The van der Waals surface area contributed by atoms with Gasteiger partial charge in [0.15, 0.2) is 0 Å². The van der Waals surface area contributed by atoms with Gasteiger partial charge in [0.2, 0.25) is 0 Å². The molecule has 0 radical (unpaired) electrons. The highest BCUT2D eigenvalue weighted by molar-refractivity contribution is 6.08. The molecule has 0 atom stereocenters. The Hall–Kier alpha value is -3.40. The maximum absolute atomic E-state index is 9.33. The summed E-state index contributed by atoms with van der Waals surface area (Å²) in [5.41, 5.74) is 7.25. The zero-order valence-corrected chi connectivity index (χ0v) is 17.5. The van der Waals surface area contributed by atoms with E-state index in [1.165, 1.54) is 38.5 Å². The molecule has 0 unspecified atom stereocenters. The van der Waals surface area contributed by atoms with Crippen LogP contribution in [0, 0.1) is 0 Å². The lowest BCUT2D eigenvalue weighted by Crippen LogP contribution is -2.12. The first-order chi connectivity index (χ1) is 15.3. The van der Waals surface area contributed by atoms with Crippen LogP contribution < -0.4 is 5.32 Å². The van der Waals surface area contributed by atoms with E-state index in [4.69, 9.17) is 0 Å². The zero-order valence-electron chi connectivity index (χ0n) is 17.5. The molecule has 0 bridgehead atoms. The van der Waals surface area contributed by atoms with Gasteiger partial charge in [-0.2, -0.15) is 0 Å². The second-order valence-electron chi connectivity index (χ2n) is 8.02. The van der Waals surface area contributed by atoms with Crippen molar-refractivity contribution in [2.75, 3.05) is 0 Å². The predicted molar refractivity (Wildman–Crippen MR) is 128 cm³/mol. The normalized spacial score (nSPS) is 11.4. The van der Waals surface area contributed by atoms with Gasteiger partial charge in [-0.15, -0.1) is 0 Å². The minimum absolute atomic E-state index is 0.0809. The summed E-state index contributed by atoms with van der Waals surface area (Å²) in [5.74, 6) is 0. The molecule has 0 amide bonds. The van der Waals surface area contributed by atoms with Crippen molar-refractivity contribution < 1.29 is 5.11 Å². The van der Waals surface area contributed by atoms with Crippen molar-refractivity contribution in [1.29, 1.82) is 0 Å². The van der Waals surface area contributed by atoms with Gasteiger partial charge in [0.05, 0.1) is 6.61 Å². The highest BCUT2D eigenvalue weighted by Crippen LogP contribution is 2.30. The third kappa shape index (κ3) is 4.11. The minimum Gasteiger partial charge on any atom is -0.392 e. The number of aliphatic hydroxyl groups excluding tert-OH is 1. The van der Waals surface area contributed by atoms with Gasteiger partial charge in [0.25, 0.3) is 0 Å².